The Balaban J connectivity index is 1.73. The number of aryl methyl sites for hydroxylation is 1. The van der Waals surface area contributed by atoms with E-state index in [0.717, 1.165) is 30.6 Å². The largest absolute Gasteiger partial charge is 0.376 e. The summed E-state index contributed by atoms with van der Waals surface area (Å²) in [6.07, 6.45) is 5.63. The van der Waals surface area contributed by atoms with Gasteiger partial charge in [-0.2, -0.15) is 0 Å². The summed E-state index contributed by atoms with van der Waals surface area (Å²) in [7, 11) is 0. The highest BCUT2D eigenvalue weighted by atomic mass is 16.5. The number of carbonyl (C=O) groups is 1. The van der Waals surface area contributed by atoms with Crippen LogP contribution in [0.1, 0.15) is 28.8 Å². The van der Waals surface area contributed by atoms with E-state index >= 15 is 0 Å². The molecule has 1 amide bonds. The minimum atomic E-state index is -0.0987. The van der Waals surface area contributed by atoms with Crippen molar-refractivity contribution in [3.05, 3.63) is 53.9 Å². The predicted octanol–water partition coefficient (Wildman–Crippen LogP) is 2.97. The molecule has 0 bridgehead atoms. The first kappa shape index (κ1) is 14.7. The Labute approximate surface area is 130 Å². The van der Waals surface area contributed by atoms with Gasteiger partial charge in [0, 0.05) is 31.1 Å². The highest BCUT2D eigenvalue weighted by molar-refractivity contribution is 5.95. The number of benzene rings is 1. The zero-order valence-corrected chi connectivity index (χ0v) is 12.7. The van der Waals surface area contributed by atoms with Crippen LogP contribution in [0.5, 0.6) is 0 Å². The van der Waals surface area contributed by atoms with Gasteiger partial charge in [0.1, 0.15) is 0 Å². The Morgan fingerprint density at radius 2 is 2.23 bits per heavy atom. The van der Waals surface area contributed by atoms with E-state index < -0.39 is 0 Å². The lowest BCUT2D eigenvalue weighted by Gasteiger charge is -2.11. The van der Waals surface area contributed by atoms with Crippen LogP contribution in [0.4, 0.5) is 0 Å². The van der Waals surface area contributed by atoms with Crippen molar-refractivity contribution in [2.75, 3.05) is 13.2 Å². The maximum atomic E-state index is 12.3. The molecule has 114 valence electrons. The van der Waals surface area contributed by atoms with Gasteiger partial charge in [-0.3, -0.25) is 9.78 Å². The number of rotatable bonds is 4. The van der Waals surface area contributed by atoms with E-state index in [2.05, 4.69) is 23.3 Å². The van der Waals surface area contributed by atoms with Crippen molar-refractivity contribution in [2.24, 2.45) is 0 Å². The van der Waals surface area contributed by atoms with Crippen LogP contribution >= 0.6 is 0 Å². The number of hydrogen-bond acceptors (Lipinski definition) is 3. The zero-order valence-electron chi connectivity index (χ0n) is 12.7. The Hall–Kier alpha value is -2.20. The van der Waals surface area contributed by atoms with Crippen molar-refractivity contribution in [2.45, 2.75) is 25.9 Å². The Kier molecular flexibility index (Phi) is 4.49. The van der Waals surface area contributed by atoms with Gasteiger partial charge in [0.15, 0.2) is 0 Å². The topological polar surface area (TPSA) is 51.2 Å². The molecule has 4 nitrogen and oxygen atoms in total. The van der Waals surface area contributed by atoms with Gasteiger partial charge in [-0.25, -0.2) is 0 Å². The number of nitrogens with zero attached hydrogens (tertiary/aromatic N) is 1. The second-order valence-corrected chi connectivity index (χ2v) is 5.62. The maximum absolute atomic E-state index is 12.3. The molecule has 0 radical (unpaired) electrons. The molecule has 0 saturated carbocycles. The fraction of sp³-hybridized carbons (Fsp3) is 0.333. The number of pyridine rings is 1. The number of hydrogen-bond donors (Lipinski definition) is 1. The normalized spacial score (nSPS) is 17.4. The third-order valence-electron chi connectivity index (χ3n) is 3.97. The van der Waals surface area contributed by atoms with E-state index in [4.69, 9.17) is 4.74 Å². The molecule has 3 rings (SSSR count). The summed E-state index contributed by atoms with van der Waals surface area (Å²) >= 11 is 0. The molecule has 1 fully saturated rings. The van der Waals surface area contributed by atoms with Crippen molar-refractivity contribution in [1.82, 2.24) is 10.3 Å². The van der Waals surface area contributed by atoms with Crippen LogP contribution in [0.15, 0.2) is 42.7 Å². The molecule has 2 aromatic rings. The summed E-state index contributed by atoms with van der Waals surface area (Å²) in [4.78, 5) is 16.5. The molecular weight excluding hydrogens is 276 g/mol. The molecule has 0 unspecified atom stereocenters. The van der Waals surface area contributed by atoms with Gasteiger partial charge in [0.25, 0.3) is 5.91 Å². The van der Waals surface area contributed by atoms with Gasteiger partial charge in [-0.1, -0.05) is 24.3 Å². The molecule has 1 saturated heterocycles. The second-order valence-electron chi connectivity index (χ2n) is 5.62. The van der Waals surface area contributed by atoms with Crippen molar-refractivity contribution in [3.63, 3.8) is 0 Å². The van der Waals surface area contributed by atoms with Gasteiger partial charge in [-0.05, 0) is 37.0 Å². The van der Waals surface area contributed by atoms with Gasteiger partial charge >= 0.3 is 0 Å². The summed E-state index contributed by atoms with van der Waals surface area (Å²) in [6, 6.07) is 9.98. The van der Waals surface area contributed by atoms with Crippen LogP contribution in [0.3, 0.4) is 0 Å². The lowest BCUT2D eigenvalue weighted by atomic mass is 10.0. The second kappa shape index (κ2) is 6.71. The molecule has 1 N–H and O–H groups in total. The van der Waals surface area contributed by atoms with Gasteiger partial charge < -0.3 is 10.1 Å². The van der Waals surface area contributed by atoms with E-state index in [1.807, 2.05) is 24.3 Å². The van der Waals surface area contributed by atoms with Gasteiger partial charge in [-0.15, -0.1) is 0 Å². The molecule has 22 heavy (non-hydrogen) atoms. The smallest absolute Gasteiger partial charge is 0.252 e. The molecule has 0 aliphatic carbocycles. The van der Waals surface area contributed by atoms with Gasteiger partial charge in [0.2, 0.25) is 0 Å². The van der Waals surface area contributed by atoms with E-state index in [0.29, 0.717) is 12.1 Å². The minimum Gasteiger partial charge on any atom is -0.376 e. The molecule has 1 aliphatic rings. The zero-order chi connectivity index (χ0) is 15.4. The molecule has 2 heterocycles. The fourth-order valence-corrected chi connectivity index (χ4v) is 2.72. The number of aromatic nitrogens is 1. The number of ether oxygens (including phenoxy) is 1. The van der Waals surface area contributed by atoms with Crippen molar-refractivity contribution in [1.29, 1.82) is 0 Å². The first-order valence-corrected chi connectivity index (χ1v) is 7.65. The van der Waals surface area contributed by atoms with Crippen molar-refractivity contribution < 1.29 is 9.53 Å². The van der Waals surface area contributed by atoms with Crippen LogP contribution in [0, 0.1) is 6.92 Å². The monoisotopic (exact) mass is 296 g/mol. The molecule has 1 aliphatic heterocycles. The Bertz CT molecular complexity index is 664. The molecule has 1 aromatic carbocycles. The van der Waals surface area contributed by atoms with Crippen LogP contribution in [0.2, 0.25) is 0 Å². The summed E-state index contributed by atoms with van der Waals surface area (Å²) < 4.78 is 5.52. The Morgan fingerprint density at radius 1 is 1.36 bits per heavy atom. The molecule has 0 spiro atoms. The van der Waals surface area contributed by atoms with E-state index in [-0.39, 0.29) is 12.0 Å². The number of amides is 1. The number of carbonyl (C=O) groups excluding carboxylic acids is 1. The highest BCUT2D eigenvalue weighted by Crippen LogP contribution is 2.23. The van der Waals surface area contributed by atoms with Crippen molar-refractivity contribution >= 4 is 5.91 Å². The van der Waals surface area contributed by atoms with Crippen LogP contribution in [0.25, 0.3) is 11.1 Å². The van der Waals surface area contributed by atoms with E-state index in [1.54, 1.807) is 12.4 Å². The molecular formula is C18H20N2O2. The van der Waals surface area contributed by atoms with E-state index in [1.165, 1.54) is 5.56 Å². The summed E-state index contributed by atoms with van der Waals surface area (Å²) in [5.74, 6) is -0.0987. The van der Waals surface area contributed by atoms with E-state index in [9.17, 15) is 4.79 Å². The third kappa shape index (κ3) is 3.34. The Morgan fingerprint density at radius 3 is 3.00 bits per heavy atom. The highest BCUT2D eigenvalue weighted by Gasteiger charge is 2.17. The first-order chi connectivity index (χ1) is 10.7. The average molecular weight is 296 g/mol. The standard InChI is InChI=1S/C18H20N2O2/c1-13-5-2-3-7-17(13)14-9-15(11-19-10-14)18(21)20-12-16-6-4-8-22-16/h2-3,5,7,9-11,16H,4,6,8,12H2,1H3,(H,20,21)/t16-/m0/s1. The average Bonchev–Trinajstić information content (AvgIpc) is 3.06. The lowest BCUT2D eigenvalue weighted by molar-refractivity contribution is 0.0857. The van der Waals surface area contributed by atoms with Crippen LogP contribution < -0.4 is 5.32 Å². The van der Waals surface area contributed by atoms with Gasteiger partial charge in [0.05, 0.1) is 11.7 Å². The van der Waals surface area contributed by atoms with Crippen LogP contribution in [-0.2, 0) is 4.74 Å². The quantitative estimate of drug-likeness (QED) is 0.943. The predicted molar refractivity (Wildman–Crippen MR) is 85.7 cm³/mol. The summed E-state index contributed by atoms with van der Waals surface area (Å²) in [5.41, 5.74) is 3.81. The molecule has 1 aromatic heterocycles. The first-order valence-electron chi connectivity index (χ1n) is 7.65. The molecule has 1 atom stereocenters. The maximum Gasteiger partial charge on any atom is 0.252 e. The SMILES string of the molecule is Cc1ccccc1-c1cncc(C(=O)NC[C@@H]2CCCO2)c1. The molecule has 4 heteroatoms. The van der Waals surface area contributed by atoms with Crippen molar-refractivity contribution in [3.8, 4) is 11.1 Å². The summed E-state index contributed by atoms with van der Waals surface area (Å²) in [6.45, 7) is 3.41. The fourth-order valence-electron chi connectivity index (χ4n) is 2.72. The minimum absolute atomic E-state index is 0.0987. The van der Waals surface area contributed by atoms with Crippen LogP contribution in [-0.4, -0.2) is 30.1 Å². The lowest BCUT2D eigenvalue weighted by Crippen LogP contribution is -2.31. The summed E-state index contributed by atoms with van der Waals surface area (Å²) in [5, 5.41) is 2.93. The third-order valence-corrected chi connectivity index (χ3v) is 3.97. The number of nitrogens with one attached hydrogen (secondary N) is 1.